The number of thiazole rings is 2. The first-order valence-corrected chi connectivity index (χ1v) is 25.5. The Bertz CT molecular complexity index is 3120. The Labute approximate surface area is 417 Å². The number of rotatable bonds is 14. The van der Waals surface area contributed by atoms with E-state index in [2.05, 4.69) is 29.0 Å². The molecule has 0 aliphatic carbocycles. The molecule has 1 amide bonds. The summed E-state index contributed by atoms with van der Waals surface area (Å²) in [6.45, 7) is 7.13. The highest BCUT2D eigenvalue weighted by molar-refractivity contribution is 7.14. The SMILES string of the molecule is CCc1nc2ccc(N3CCC(C(=O)NCCO)CC3)nn2c1N(C)c1nc(-c2ccc(F)cc2)cs1.CCc1nc2ccc(N3CCC(C(=O)O)CC3)nn2c1N(C)c1nc(-c2ccc(F)cc2)cs1. The van der Waals surface area contributed by atoms with Crippen LogP contribution in [0.25, 0.3) is 33.8 Å². The first-order chi connectivity index (χ1) is 34.4. The van der Waals surface area contributed by atoms with Gasteiger partial charge in [-0.3, -0.25) is 9.59 Å². The molecule has 8 aromatic rings. The zero-order valence-corrected chi connectivity index (χ0v) is 41.5. The number of carbonyl (C=O) groups excluding carboxylic acids is 1. The van der Waals surface area contributed by atoms with Gasteiger partial charge in [0.25, 0.3) is 0 Å². The maximum absolute atomic E-state index is 13.3. The summed E-state index contributed by atoms with van der Waals surface area (Å²) >= 11 is 3.02. The van der Waals surface area contributed by atoms with E-state index >= 15 is 0 Å². The third-order valence-electron chi connectivity index (χ3n) is 12.9. The Morgan fingerprint density at radius 2 is 1.07 bits per heavy atom. The minimum absolute atomic E-state index is 0.00618. The van der Waals surface area contributed by atoms with Crippen LogP contribution in [0.3, 0.4) is 0 Å². The van der Waals surface area contributed by atoms with Crippen molar-refractivity contribution in [3.05, 3.63) is 107 Å². The fourth-order valence-corrected chi connectivity index (χ4v) is 10.6. The van der Waals surface area contributed by atoms with Crippen LogP contribution in [-0.4, -0.2) is 115 Å². The van der Waals surface area contributed by atoms with Crippen molar-refractivity contribution >= 4 is 79.4 Å². The molecule has 0 bridgehead atoms. The van der Waals surface area contributed by atoms with Crippen LogP contribution in [0.5, 0.6) is 0 Å². The molecule has 2 saturated heterocycles. The van der Waals surface area contributed by atoms with E-state index in [1.165, 1.54) is 46.9 Å². The van der Waals surface area contributed by atoms with Crippen LogP contribution < -0.4 is 24.9 Å². The second-order valence-corrected chi connectivity index (χ2v) is 19.1. The molecule has 370 valence electrons. The van der Waals surface area contributed by atoms with Gasteiger partial charge in [-0.1, -0.05) is 13.8 Å². The quantitative estimate of drug-likeness (QED) is 0.0945. The lowest BCUT2D eigenvalue weighted by atomic mass is 9.96. The van der Waals surface area contributed by atoms with Crippen molar-refractivity contribution in [3.63, 3.8) is 0 Å². The molecule has 2 fully saturated rings. The summed E-state index contributed by atoms with van der Waals surface area (Å²) in [7, 11) is 3.91. The molecule has 2 aromatic carbocycles. The van der Waals surface area contributed by atoms with Gasteiger partial charge >= 0.3 is 5.97 Å². The molecule has 0 spiro atoms. The normalized spacial score (nSPS) is 14.5. The molecule has 10 rings (SSSR count). The Balaban J connectivity index is 0.000000176. The monoisotopic (exact) mass is 1000 g/mol. The lowest BCUT2D eigenvalue weighted by Crippen LogP contribution is -2.41. The van der Waals surface area contributed by atoms with Crippen LogP contribution in [0.15, 0.2) is 83.6 Å². The van der Waals surface area contributed by atoms with Crippen molar-refractivity contribution in [2.75, 3.05) is 73.0 Å². The Morgan fingerprint density at radius 3 is 1.46 bits per heavy atom. The molecule has 2 aliphatic rings. The number of fused-ring (bicyclic) bond motifs is 2. The van der Waals surface area contributed by atoms with Gasteiger partial charge in [-0.2, -0.15) is 9.03 Å². The number of hydrogen-bond donors (Lipinski definition) is 3. The molecule has 2 aliphatic heterocycles. The molecule has 8 heterocycles. The van der Waals surface area contributed by atoms with Gasteiger partial charge in [0.1, 0.15) is 23.3 Å². The highest BCUT2D eigenvalue weighted by atomic mass is 32.1. The fraction of sp³-hybridized carbons (Fsp3) is 0.360. The maximum Gasteiger partial charge on any atom is 0.306 e. The number of aromatic nitrogens is 8. The Kier molecular flexibility index (Phi) is 14.8. The zero-order valence-electron chi connectivity index (χ0n) is 39.9. The van der Waals surface area contributed by atoms with Crippen molar-refractivity contribution in [1.82, 2.24) is 44.5 Å². The number of benzene rings is 2. The molecular formula is C50H55F2N13O4S2. The van der Waals surface area contributed by atoms with E-state index < -0.39 is 5.97 Å². The number of hydrogen-bond acceptors (Lipinski definition) is 15. The number of imidazole rings is 2. The van der Waals surface area contributed by atoms with Gasteiger partial charge in [0.15, 0.2) is 33.2 Å². The summed E-state index contributed by atoms with van der Waals surface area (Å²) in [5, 5.41) is 36.3. The predicted octanol–water partition coefficient (Wildman–Crippen LogP) is 8.27. The third-order valence-corrected chi connectivity index (χ3v) is 14.8. The first kappa shape index (κ1) is 48.9. The van der Waals surface area contributed by atoms with Gasteiger partial charge in [0, 0.05) is 74.6 Å². The van der Waals surface area contributed by atoms with E-state index in [4.69, 9.17) is 35.2 Å². The lowest BCUT2D eigenvalue weighted by molar-refractivity contribution is -0.142. The van der Waals surface area contributed by atoms with Crippen LogP contribution in [0, 0.1) is 23.5 Å². The standard InChI is InChI=1S/C26H30FN7O2S.C24H25FN6O2S/c1-3-20-25(32(2)26-30-21(16-37-26)17-4-6-19(27)7-5-17)34-22(29-20)8-9-23(31-34)33-13-10-18(11-14-33)24(36)28-12-15-35;1-3-18-22(29(2)24-27-19(14-34-24)15-4-6-17(25)7-5-15)31-20(26-18)8-9-21(28-31)30-12-10-16(11-13-30)23(32)33/h4-9,16,18,35H,3,10-15H2,1-2H3,(H,28,36);4-9,14,16H,3,10-13H2,1-2H3,(H,32,33). The summed E-state index contributed by atoms with van der Waals surface area (Å²) in [5.41, 5.74) is 6.64. The number of halogens is 2. The molecule has 0 atom stereocenters. The van der Waals surface area contributed by atoms with Crippen molar-refractivity contribution in [3.8, 4) is 22.5 Å². The van der Waals surface area contributed by atoms with Crippen molar-refractivity contribution in [2.45, 2.75) is 52.4 Å². The molecular weight excluding hydrogens is 949 g/mol. The maximum atomic E-state index is 13.3. The number of carbonyl (C=O) groups is 2. The smallest absolute Gasteiger partial charge is 0.306 e. The number of aryl methyl sites for hydroxylation is 2. The van der Waals surface area contributed by atoms with Crippen molar-refractivity contribution in [2.24, 2.45) is 11.8 Å². The number of carboxylic acid groups (broad SMARTS) is 1. The highest BCUT2D eigenvalue weighted by Gasteiger charge is 2.29. The van der Waals surface area contributed by atoms with Gasteiger partial charge in [-0.05, 0) is 111 Å². The number of aliphatic hydroxyl groups excluding tert-OH is 1. The largest absolute Gasteiger partial charge is 0.481 e. The Morgan fingerprint density at radius 1 is 0.648 bits per heavy atom. The minimum atomic E-state index is -0.724. The number of carboxylic acids is 1. The number of nitrogens with one attached hydrogen (secondary N) is 1. The average molecular weight is 1000 g/mol. The van der Waals surface area contributed by atoms with Gasteiger partial charge in [-0.15, -0.1) is 32.9 Å². The molecule has 21 heteroatoms. The van der Waals surface area contributed by atoms with Gasteiger partial charge in [-0.25, -0.2) is 28.7 Å². The summed E-state index contributed by atoms with van der Waals surface area (Å²) in [5.74, 6) is 1.74. The third kappa shape index (κ3) is 10.5. The summed E-state index contributed by atoms with van der Waals surface area (Å²) in [4.78, 5) is 51.0. The minimum Gasteiger partial charge on any atom is -0.481 e. The number of piperidine rings is 2. The number of nitrogens with zero attached hydrogens (tertiary/aromatic N) is 12. The van der Waals surface area contributed by atoms with E-state index in [9.17, 15) is 23.5 Å². The Hall–Kier alpha value is -7.10. The highest BCUT2D eigenvalue weighted by Crippen LogP contribution is 2.36. The number of aliphatic carboxylic acids is 1. The topological polar surface area (TPSA) is 186 Å². The number of anilines is 6. The van der Waals surface area contributed by atoms with E-state index in [1.807, 2.05) is 68.0 Å². The van der Waals surface area contributed by atoms with Gasteiger partial charge < -0.3 is 35.1 Å². The van der Waals surface area contributed by atoms with Crippen LogP contribution in [0.1, 0.15) is 50.9 Å². The number of aliphatic hydroxyl groups is 1. The van der Waals surface area contributed by atoms with Crippen LogP contribution in [0.2, 0.25) is 0 Å². The fourth-order valence-electron chi connectivity index (χ4n) is 8.97. The van der Waals surface area contributed by atoms with Crippen LogP contribution >= 0.6 is 22.7 Å². The predicted molar refractivity (Wildman–Crippen MR) is 273 cm³/mol. The molecule has 3 N–H and O–H groups in total. The zero-order chi connectivity index (χ0) is 49.8. The second kappa shape index (κ2) is 21.5. The second-order valence-electron chi connectivity index (χ2n) is 17.4. The van der Waals surface area contributed by atoms with Crippen LogP contribution in [-0.2, 0) is 22.4 Å². The van der Waals surface area contributed by atoms with Gasteiger partial charge in [0.05, 0.1) is 35.3 Å². The van der Waals surface area contributed by atoms with Crippen molar-refractivity contribution in [1.29, 1.82) is 0 Å². The van der Waals surface area contributed by atoms with Gasteiger partial charge in [0.2, 0.25) is 5.91 Å². The molecule has 0 unspecified atom stereocenters. The average Bonchev–Trinajstić information content (AvgIpc) is 4.23. The molecule has 0 saturated carbocycles. The van der Waals surface area contributed by atoms with E-state index in [0.717, 1.165) is 118 Å². The number of amides is 1. The first-order valence-electron chi connectivity index (χ1n) is 23.7. The summed E-state index contributed by atoms with van der Waals surface area (Å²) < 4.78 is 30.4. The van der Waals surface area contributed by atoms with E-state index in [-0.39, 0.29) is 36.0 Å². The van der Waals surface area contributed by atoms with Crippen molar-refractivity contribution < 1.29 is 28.6 Å². The molecule has 17 nitrogen and oxygen atoms in total. The van der Waals surface area contributed by atoms with E-state index in [0.29, 0.717) is 32.5 Å². The van der Waals surface area contributed by atoms with Crippen LogP contribution in [0.4, 0.5) is 42.3 Å². The van der Waals surface area contributed by atoms with E-state index in [1.54, 1.807) is 24.3 Å². The molecule has 6 aromatic heterocycles. The summed E-state index contributed by atoms with van der Waals surface area (Å²) in [6, 6.07) is 20.5. The molecule has 0 radical (unpaired) electrons. The molecule has 71 heavy (non-hydrogen) atoms. The lowest BCUT2D eigenvalue weighted by Gasteiger charge is -2.32. The summed E-state index contributed by atoms with van der Waals surface area (Å²) in [6.07, 6.45) is 4.16.